The highest BCUT2D eigenvalue weighted by Crippen LogP contribution is 2.19. The van der Waals surface area contributed by atoms with E-state index in [0.717, 1.165) is 5.75 Å². The Hall–Kier alpha value is -3.85. The molecule has 11 N–H and O–H groups in total. The summed E-state index contributed by atoms with van der Waals surface area (Å²) in [5.41, 5.74) is 11.5. The predicted octanol–water partition coefficient (Wildman–Crippen LogP) is -3.00. The SMILES string of the molecule is C=C(N/C(C)=C\CSCCN)[S+]([O-])C[C@H](NC(=O)CNC(=O)[C@H](NC(=O)CNC(C)=O)[C@@H](C)CC)C(=O)N[C@@H](CC(N)=O)C(=O)N1C[C@H](O)C[C@@H]1C. The fourth-order valence-corrected chi connectivity index (χ4v) is 6.67. The molecule has 0 saturated carbocycles. The molecular formula is C32H55N9O9S2. The van der Waals surface area contributed by atoms with Crippen molar-refractivity contribution in [2.24, 2.45) is 17.4 Å². The van der Waals surface area contributed by atoms with Crippen LogP contribution in [-0.4, -0.2) is 130 Å². The molecule has 0 bridgehead atoms. The minimum Gasteiger partial charge on any atom is -0.610 e. The first-order valence-corrected chi connectivity index (χ1v) is 19.3. The highest BCUT2D eigenvalue weighted by molar-refractivity contribution is 7.99. The van der Waals surface area contributed by atoms with Crippen LogP contribution in [0.3, 0.4) is 0 Å². The van der Waals surface area contributed by atoms with Crippen molar-refractivity contribution in [1.82, 2.24) is 36.8 Å². The number of rotatable bonds is 23. The lowest BCUT2D eigenvalue weighted by atomic mass is 9.98. The molecule has 0 aromatic rings. The molecular weight excluding hydrogens is 719 g/mol. The third-order valence-corrected chi connectivity index (χ3v) is 10.2. The standard InChI is InChI=1S/C32H55N9O9S2/c1-7-18(2)29(40-28(46)14-35-21(5)42)31(48)36-15-27(45)38-25(17-52(50)22(6)37-19(3)8-10-51-11-9-33)30(47)39-24(13-26(34)44)32(49)41-16-23(43)12-20(41)4/h8,18,20,23-25,29,37,43H,6-7,9-17,33H2,1-5H3,(H2,34,44)(H,35,42)(H,36,48)(H,38,45)(H,39,47)(H,40,46)/b19-8-/t18-,20-,23+,24-,25-,29+,52?/m0/s1. The molecule has 7 amide bonds. The minimum absolute atomic E-state index is 0.0222. The fourth-order valence-electron chi connectivity index (χ4n) is 4.95. The first kappa shape index (κ1) is 46.2. The number of aliphatic hydroxyl groups excluding tert-OH is 1. The van der Waals surface area contributed by atoms with Crippen molar-refractivity contribution in [2.75, 3.05) is 43.4 Å². The molecule has 1 heterocycles. The van der Waals surface area contributed by atoms with E-state index < -0.39 is 102 Å². The zero-order chi connectivity index (χ0) is 39.5. The van der Waals surface area contributed by atoms with Crippen LogP contribution in [0.5, 0.6) is 0 Å². The molecule has 7 atom stereocenters. The third-order valence-electron chi connectivity index (χ3n) is 7.94. The molecule has 1 rings (SSSR count). The molecule has 294 valence electrons. The predicted molar refractivity (Wildman–Crippen MR) is 198 cm³/mol. The van der Waals surface area contributed by atoms with Crippen LogP contribution in [0.4, 0.5) is 0 Å². The molecule has 1 aliphatic rings. The van der Waals surface area contributed by atoms with Gasteiger partial charge in [0.25, 0.3) is 0 Å². The maximum absolute atomic E-state index is 13.7. The number of β-amino-alcohol motifs (C(OH)–C–C–N with tert-alkyl or cyclic N) is 1. The Balaban J connectivity index is 3.18. The molecule has 0 aromatic carbocycles. The summed E-state index contributed by atoms with van der Waals surface area (Å²) in [7, 11) is 0. The van der Waals surface area contributed by atoms with Crippen molar-refractivity contribution in [3.63, 3.8) is 0 Å². The lowest BCUT2D eigenvalue weighted by Gasteiger charge is -2.28. The fraction of sp³-hybridized carbons (Fsp3) is 0.656. The van der Waals surface area contributed by atoms with Gasteiger partial charge in [0.15, 0.2) is 6.04 Å². The lowest BCUT2D eigenvalue weighted by Crippen LogP contribution is -2.58. The second kappa shape index (κ2) is 23.7. The molecule has 1 unspecified atom stereocenters. The largest absolute Gasteiger partial charge is 0.610 e. The second-order valence-electron chi connectivity index (χ2n) is 12.5. The number of nitrogens with two attached hydrogens (primary N) is 2. The molecule has 1 saturated heterocycles. The Morgan fingerprint density at radius 2 is 1.67 bits per heavy atom. The van der Waals surface area contributed by atoms with Crippen LogP contribution in [0.1, 0.15) is 53.9 Å². The van der Waals surface area contributed by atoms with E-state index in [1.807, 2.05) is 6.08 Å². The van der Waals surface area contributed by atoms with E-state index >= 15 is 0 Å². The summed E-state index contributed by atoms with van der Waals surface area (Å²) in [4.78, 5) is 89.9. The number of thioether (sulfide) groups is 1. The number of primary amides is 1. The van der Waals surface area contributed by atoms with Crippen molar-refractivity contribution in [2.45, 2.75) is 84.2 Å². The molecule has 0 aliphatic carbocycles. The topological polar surface area (TPSA) is 290 Å². The smallest absolute Gasteiger partial charge is 0.248 e. The van der Waals surface area contributed by atoms with E-state index in [2.05, 4.69) is 38.5 Å². The van der Waals surface area contributed by atoms with E-state index in [-0.39, 0.29) is 30.5 Å². The molecule has 1 fully saturated rings. The van der Waals surface area contributed by atoms with Gasteiger partial charge in [-0.25, -0.2) is 0 Å². The maximum Gasteiger partial charge on any atom is 0.248 e. The summed E-state index contributed by atoms with van der Waals surface area (Å²) in [5, 5.41) is 25.1. The van der Waals surface area contributed by atoms with Gasteiger partial charge in [0.05, 0.1) is 25.6 Å². The number of hydrogen-bond donors (Lipinski definition) is 9. The van der Waals surface area contributed by atoms with Gasteiger partial charge < -0.3 is 57.9 Å². The number of nitrogens with one attached hydrogen (secondary N) is 6. The molecule has 20 heteroatoms. The highest BCUT2D eigenvalue weighted by atomic mass is 32.2. The Bertz CT molecular complexity index is 1320. The number of aliphatic hydroxyl groups is 1. The van der Waals surface area contributed by atoms with Gasteiger partial charge in [0.2, 0.25) is 46.4 Å². The zero-order valence-corrected chi connectivity index (χ0v) is 32.1. The normalized spacial score (nSPS) is 18.5. The van der Waals surface area contributed by atoms with Crippen LogP contribution in [0.25, 0.3) is 0 Å². The summed E-state index contributed by atoms with van der Waals surface area (Å²) >= 11 is -0.398. The first-order chi connectivity index (χ1) is 24.4. The highest BCUT2D eigenvalue weighted by Gasteiger charge is 2.38. The maximum atomic E-state index is 13.7. The Labute approximate surface area is 312 Å². The van der Waals surface area contributed by atoms with E-state index in [4.69, 9.17) is 11.5 Å². The van der Waals surface area contributed by atoms with Crippen molar-refractivity contribution in [1.29, 1.82) is 0 Å². The summed E-state index contributed by atoms with van der Waals surface area (Å²) in [6.45, 7) is 11.4. The van der Waals surface area contributed by atoms with Crippen LogP contribution >= 0.6 is 11.8 Å². The number of likely N-dealkylation sites (tertiary alicyclic amines) is 1. The lowest BCUT2D eigenvalue weighted by molar-refractivity contribution is -0.139. The number of carbonyl (C=O) groups excluding carboxylic acids is 7. The van der Waals surface area contributed by atoms with E-state index in [9.17, 15) is 43.2 Å². The van der Waals surface area contributed by atoms with Crippen molar-refractivity contribution >= 4 is 64.3 Å². The molecule has 52 heavy (non-hydrogen) atoms. The second-order valence-corrected chi connectivity index (χ2v) is 15.1. The number of amides is 7. The van der Waals surface area contributed by atoms with Gasteiger partial charge in [-0.2, -0.15) is 11.8 Å². The molecule has 0 spiro atoms. The number of hydrogen-bond acceptors (Lipinski definition) is 12. The average Bonchev–Trinajstić information content (AvgIpc) is 3.42. The molecule has 0 aromatic heterocycles. The van der Waals surface area contributed by atoms with Gasteiger partial charge in [-0.3, -0.25) is 33.6 Å². The summed E-state index contributed by atoms with van der Waals surface area (Å²) < 4.78 is 13.4. The van der Waals surface area contributed by atoms with Gasteiger partial charge in [-0.15, -0.1) is 0 Å². The van der Waals surface area contributed by atoms with E-state index in [1.165, 1.54) is 11.8 Å². The van der Waals surface area contributed by atoms with Crippen LogP contribution in [0.2, 0.25) is 0 Å². The van der Waals surface area contributed by atoms with Crippen molar-refractivity contribution in [3.05, 3.63) is 23.4 Å². The van der Waals surface area contributed by atoms with Crippen LogP contribution in [-0.2, 0) is 44.7 Å². The van der Waals surface area contributed by atoms with Gasteiger partial charge in [0.1, 0.15) is 17.8 Å². The molecule has 0 radical (unpaired) electrons. The summed E-state index contributed by atoms with van der Waals surface area (Å²) in [5.74, 6) is -4.69. The van der Waals surface area contributed by atoms with Crippen LogP contribution in [0.15, 0.2) is 23.4 Å². The molecule has 1 aliphatic heterocycles. The number of nitrogens with zero attached hydrogens (tertiary/aromatic N) is 1. The zero-order valence-electron chi connectivity index (χ0n) is 30.5. The number of allylic oxidation sites excluding steroid dienone is 1. The average molecular weight is 774 g/mol. The third kappa shape index (κ3) is 17.1. The Morgan fingerprint density at radius 3 is 2.23 bits per heavy atom. The molecule has 18 nitrogen and oxygen atoms in total. The van der Waals surface area contributed by atoms with Crippen LogP contribution in [0, 0.1) is 5.92 Å². The Kier molecular flexibility index (Phi) is 21.0. The summed E-state index contributed by atoms with van der Waals surface area (Å²) in [6, 6.07) is -4.46. The Morgan fingerprint density at radius 1 is 1.04 bits per heavy atom. The monoisotopic (exact) mass is 773 g/mol. The minimum atomic E-state index is -1.98. The van der Waals surface area contributed by atoms with Gasteiger partial charge in [-0.05, 0) is 32.8 Å². The van der Waals surface area contributed by atoms with Crippen molar-refractivity contribution < 1.29 is 43.2 Å². The van der Waals surface area contributed by atoms with Gasteiger partial charge in [-0.1, -0.05) is 26.3 Å². The van der Waals surface area contributed by atoms with E-state index in [1.54, 1.807) is 39.5 Å². The summed E-state index contributed by atoms with van der Waals surface area (Å²) in [6.07, 6.45) is 1.22. The van der Waals surface area contributed by atoms with E-state index in [0.29, 0.717) is 24.4 Å². The first-order valence-electron chi connectivity index (χ1n) is 16.9. The van der Waals surface area contributed by atoms with Crippen LogP contribution < -0.4 is 43.4 Å². The number of carbonyl (C=O) groups is 7. The quantitative estimate of drug-likeness (QED) is 0.0371. The van der Waals surface area contributed by atoms with Gasteiger partial charge >= 0.3 is 0 Å². The van der Waals surface area contributed by atoms with Gasteiger partial charge in [0, 0.05) is 54.4 Å². The van der Waals surface area contributed by atoms with Crippen molar-refractivity contribution in [3.8, 4) is 0 Å².